The Balaban J connectivity index is 1.22. The monoisotopic (exact) mass is 476 g/mol. The Hall–Kier alpha value is -3.71. The molecule has 0 saturated heterocycles. The Morgan fingerprint density at radius 1 is 0.971 bits per heavy atom. The molecule has 3 aromatic carbocycles. The molecule has 3 heterocycles. The highest BCUT2D eigenvalue weighted by Gasteiger charge is 2.57. The lowest BCUT2D eigenvalue weighted by molar-refractivity contribution is -0.122. The van der Waals surface area contributed by atoms with Gasteiger partial charge in [-0.05, 0) is 48.4 Å². The number of amides is 2. The highest BCUT2D eigenvalue weighted by molar-refractivity contribution is 6.30. The summed E-state index contributed by atoms with van der Waals surface area (Å²) in [5.41, 5.74) is 2.21. The summed E-state index contributed by atoms with van der Waals surface area (Å²) >= 11 is 5.89. The van der Waals surface area contributed by atoms with Gasteiger partial charge in [-0.1, -0.05) is 29.8 Å². The number of nitrogens with one attached hydrogen (secondary N) is 1. The van der Waals surface area contributed by atoms with Gasteiger partial charge in [0, 0.05) is 41.0 Å². The standard InChI is InChI=1S/C26H21ClN2O5/c27-17-8-6-16(7-9-17)24(30)28-10-3-11-29-20-5-2-1-4-18(20)26(25(29)31)14-32-21-13-23-22(12-19(21)26)33-15-34-23/h1-2,4-9,12-13H,3,10-11,14-15H2,(H,28,30). The van der Waals surface area contributed by atoms with Crippen molar-refractivity contribution in [2.24, 2.45) is 0 Å². The van der Waals surface area contributed by atoms with Crippen molar-refractivity contribution in [2.75, 3.05) is 31.4 Å². The van der Waals surface area contributed by atoms with Gasteiger partial charge in [-0.25, -0.2) is 0 Å². The molecule has 0 aromatic heterocycles. The average Bonchev–Trinajstić information content (AvgIpc) is 3.53. The molecule has 3 aliphatic heterocycles. The maximum absolute atomic E-state index is 13.9. The van der Waals surface area contributed by atoms with E-state index in [2.05, 4.69) is 5.32 Å². The second kappa shape index (κ2) is 7.95. The maximum Gasteiger partial charge on any atom is 0.251 e. The molecule has 0 aliphatic carbocycles. The van der Waals surface area contributed by atoms with Crippen LogP contribution in [0.15, 0.2) is 60.7 Å². The molecule has 3 aliphatic rings. The summed E-state index contributed by atoms with van der Waals surface area (Å²) in [6.07, 6.45) is 0.602. The van der Waals surface area contributed by atoms with Crippen molar-refractivity contribution >= 4 is 29.1 Å². The Bertz CT molecular complexity index is 1310. The molecule has 6 rings (SSSR count). The molecule has 1 N–H and O–H groups in total. The Morgan fingerprint density at radius 3 is 2.56 bits per heavy atom. The first-order valence-electron chi connectivity index (χ1n) is 11.1. The second-order valence-corrected chi connectivity index (χ2v) is 8.92. The summed E-state index contributed by atoms with van der Waals surface area (Å²) < 4.78 is 17.0. The number of carbonyl (C=O) groups is 2. The highest BCUT2D eigenvalue weighted by Crippen LogP contribution is 2.54. The van der Waals surface area contributed by atoms with Gasteiger partial charge in [-0.2, -0.15) is 0 Å². The lowest BCUT2D eigenvalue weighted by Gasteiger charge is -2.23. The van der Waals surface area contributed by atoms with Gasteiger partial charge >= 0.3 is 0 Å². The number of halogens is 1. The molecule has 0 fully saturated rings. The van der Waals surface area contributed by atoms with Crippen LogP contribution in [0.25, 0.3) is 0 Å². The normalized spacial score (nSPS) is 19.2. The van der Waals surface area contributed by atoms with E-state index in [1.807, 2.05) is 30.3 Å². The molecule has 1 unspecified atom stereocenters. The predicted octanol–water partition coefficient (Wildman–Crippen LogP) is 3.91. The quantitative estimate of drug-likeness (QED) is 0.565. The van der Waals surface area contributed by atoms with Gasteiger partial charge in [-0.3, -0.25) is 9.59 Å². The van der Waals surface area contributed by atoms with Crippen molar-refractivity contribution in [1.82, 2.24) is 5.32 Å². The number of fused-ring (bicyclic) bond motifs is 5. The molecule has 0 bridgehead atoms. The van der Waals surface area contributed by atoms with Crippen LogP contribution in [0.1, 0.15) is 27.9 Å². The van der Waals surface area contributed by atoms with Gasteiger partial charge in [0.1, 0.15) is 17.8 Å². The van der Waals surface area contributed by atoms with Gasteiger partial charge < -0.3 is 24.4 Å². The van der Waals surface area contributed by atoms with Gasteiger partial charge in [0.05, 0.1) is 0 Å². The Labute approximate surface area is 201 Å². The fourth-order valence-electron chi connectivity index (χ4n) is 4.93. The average molecular weight is 477 g/mol. The van der Waals surface area contributed by atoms with Gasteiger partial charge in [-0.15, -0.1) is 0 Å². The predicted molar refractivity (Wildman–Crippen MR) is 126 cm³/mol. The third kappa shape index (κ3) is 3.11. The second-order valence-electron chi connectivity index (χ2n) is 8.49. The van der Waals surface area contributed by atoms with E-state index in [4.69, 9.17) is 25.8 Å². The van der Waals surface area contributed by atoms with Crippen molar-refractivity contribution in [1.29, 1.82) is 0 Å². The molecule has 172 valence electrons. The lowest BCUT2D eigenvalue weighted by Crippen LogP contribution is -2.43. The fraction of sp³-hybridized carbons (Fsp3) is 0.231. The van der Waals surface area contributed by atoms with E-state index in [0.717, 1.165) is 16.8 Å². The number of rotatable bonds is 5. The van der Waals surface area contributed by atoms with Crippen LogP contribution >= 0.6 is 11.6 Å². The van der Waals surface area contributed by atoms with Crippen LogP contribution in [0.5, 0.6) is 17.2 Å². The number of para-hydroxylation sites is 1. The fourth-order valence-corrected chi connectivity index (χ4v) is 5.06. The first kappa shape index (κ1) is 20.9. The van der Waals surface area contributed by atoms with Crippen LogP contribution < -0.4 is 24.4 Å². The third-order valence-electron chi connectivity index (χ3n) is 6.59. The number of anilines is 1. The zero-order valence-corrected chi connectivity index (χ0v) is 18.9. The number of carbonyl (C=O) groups excluding carboxylic acids is 2. The van der Waals surface area contributed by atoms with E-state index in [1.165, 1.54) is 0 Å². The van der Waals surface area contributed by atoms with E-state index < -0.39 is 5.41 Å². The Kier molecular flexibility index (Phi) is 4.88. The lowest BCUT2D eigenvalue weighted by atomic mass is 9.77. The molecule has 0 saturated carbocycles. The van der Waals surface area contributed by atoms with Crippen LogP contribution in [0.4, 0.5) is 5.69 Å². The van der Waals surface area contributed by atoms with Gasteiger partial charge in [0.25, 0.3) is 5.91 Å². The van der Waals surface area contributed by atoms with Crippen LogP contribution in [-0.2, 0) is 10.2 Å². The number of hydrogen-bond donors (Lipinski definition) is 1. The SMILES string of the molecule is O=C(NCCCN1C(=O)C2(COc3cc4c(cc32)OCO4)c2ccccc21)c1ccc(Cl)cc1. The number of benzene rings is 3. The molecular formula is C26H21ClN2O5. The largest absolute Gasteiger partial charge is 0.491 e. The van der Waals surface area contributed by atoms with Crippen molar-refractivity contribution in [3.8, 4) is 17.2 Å². The maximum atomic E-state index is 13.9. The van der Waals surface area contributed by atoms with Crippen molar-refractivity contribution in [2.45, 2.75) is 11.8 Å². The molecule has 2 amide bonds. The molecule has 1 atom stereocenters. The molecule has 1 spiro atoms. The summed E-state index contributed by atoms with van der Waals surface area (Å²) in [5.74, 6) is 1.69. The number of nitrogens with zero attached hydrogens (tertiary/aromatic N) is 1. The first-order valence-corrected chi connectivity index (χ1v) is 11.5. The smallest absolute Gasteiger partial charge is 0.251 e. The van der Waals surface area contributed by atoms with Crippen molar-refractivity contribution < 1.29 is 23.8 Å². The van der Waals surface area contributed by atoms with E-state index in [9.17, 15) is 9.59 Å². The third-order valence-corrected chi connectivity index (χ3v) is 6.85. The molecule has 0 radical (unpaired) electrons. The number of ether oxygens (including phenoxy) is 3. The number of hydrogen-bond acceptors (Lipinski definition) is 5. The van der Waals surface area contributed by atoms with E-state index in [-0.39, 0.29) is 25.2 Å². The molecule has 34 heavy (non-hydrogen) atoms. The van der Waals surface area contributed by atoms with E-state index in [0.29, 0.717) is 47.3 Å². The Morgan fingerprint density at radius 2 is 1.74 bits per heavy atom. The summed E-state index contributed by atoms with van der Waals surface area (Å²) in [6.45, 7) is 1.29. The van der Waals surface area contributed by atoms with E-state index >= 15 is 0 Å². The zero-order valence-electron chi connectivity index (χ0n) is 18.2. The summed E-state index contributed by atoms with van der Waals surface area (Å²) in [7, 11) is 0. The minimum atomic E-state index is -0.917. The summed E-state index contributed by atoms with van der Waals surface area (Å²) in [5, 5.41) is 3.49. The minimum Gasteiger partial charge on any atom is -0.491 e. The molecule has 3 aromatic rings. The first-order chi connectivity index (χ1) is 16.6. The van der Waals surface area contributed by atoms with Gasteiger partial charge in [0.2, 0.25) is 12.7 Å². The molecule has 8 heteroatoms. The summed E-state index contributed by atoms with van der Waals surface area (Å²) in [4.78, 5) is 28.1. The van der Waals surface area contributed by atoms with E-state index in [1.54, 1.807) is 35.2 Å². The van der Waals surface area contributed by atoms with Crippen molar-refractivity contribution in [3.63, 3.8) is 0 Å². The van der Waals surface area contributed by atoms with Crippen molar-refractivity contribution in [3.05, 3.63) is 82.4 Å². The summed E-state index contributed by atoms with van der Waals surface area (Å²) in [6, 6.07) is 18.2. The molecule has 7 nitrogen and oxygen atoms in total. The highest BCUT2D eigenvalue weighted by atomic mass is 35.5. The van der Waals surface area contributed by atoms with Crippen LogP contribution in [0, 0.1) is 0 Å². The van der Waals surface area contributed by atoms with Crippen LogP contribution in [0.3, 0.4) is 0 Å². The topological polar surface area (TPSA) is 77.1 Å². The zero-order chi connectivity index (χ0) is 23.3. The molecular weight excluding hydrogens is 456 g/mol. The minimum absolute atomic E-state index is 0.0321. The van der Waals surface area contributed by atoms with Gasteiger partial charge in [0.15, 0.2) is 11.5 Å². The van der Waals surface area contributed by atoms with Crippen LogP contribution in [-0.4, -0.2) is 38.3 Å². The van der Waals surface area contributed by atoms with Crippen LogP contribution in [0.2, 0.25) is 5.02 Å².